The largest absolute Gasteiger partial charge is 0.496 e. The molecule has 1 atom stereocenters. The first kappa shape index (κ1) is 18.6. The molecular weight excluding hydrogens is 344 g/mol. The van der Waals surface area contributed by atoms with Crippen molar-refractivity contribution in [3.05, 3.63) is 59.7 Å². The fraction of sp³-hybridized carbons (Fsp3) is 0.286. The van der Waals surface area contributed by atoms with Crippen molar-refractivity contribution in [2.24, 2.45) is 5.92 Å². The van der Waals surface area contributed by atoms with Gasteiger partial charge in [0.05, 0.1) is 13.0 Å². The van der Waals surface area contributed by atoms with Crippen LogP contribution in [-0.2, 0) is 16.1 Å². The molecule has 6 heteroatoms. The van der Waals surface area contributed by atoms with Gasteiger partial charge in [-0.05, 0) is 25.1 Å². The molecule has 3 rings (SSSR count). The van der Waals surface area contributed by atoms with E-state index in [1.807, 2.05) is 24.3 Å². The average molecular weight is 366 g/mol. The predicted octanol–water partition coefficient (Wildman–Crippen LogP) is 2.89. The number of methoxy groups -OCH3 is 1. The summed E-state index contributed by atoms with van der Waals surface area (Å²) in [5.41, 5.74) is 2.00. The molecule has 1 saturated heterocycles. The normalized spacial score (nSPS) is 16.3. The van der Waals surface area contributed by atoms with Gasteiger partial charge in [0.1, 0.15) is 5.75 Å². The lowest BCUT2D eigenvalue weighted by atomic mass is 10.1. The second-order valence-corrected chi connectivity index (χ2v) is 6.61. The molecule has 27 heavy (non-hydrogen) atoms. The van der Waals surface area contributed by atoms with Crippen LogP contribution >= 0.6 is 0 Å². The fourth-order valence-electron chi connectivity index (χ4n) is 3.20. The van der Waals surface area contributed by atoms with E-state index in [1.165, 1.54) is 6.92 Å². The Hall–Kier alpha value is -3.15. The minimum atomic E-state index is -0.423. The third kappa shape index (κ3) is 4.34. The van der Waals surface area contributed by atoms with Gasteiger partial charge in [0, 0.05) is 36.3 Å². The molecule has 0 bridgehead atoms. The fourth-order valence-corrected chi connectivity index (χ4v) is 3.20. The van der Waals surface area contributed by atoms with Crippen LogP contribution in [0.5, 0.6) is 5.75 Å². The number of amides is 2. The van der Waals surface area contributed by atoms with Crippen molar-refractivity contribution >= 4 is 23.3 Å². The van der Waals surface area contributed by atoms with Gasteiger partial charge in [-0.1, -0.05) is 30.3 Å². The lowest BCUT2D eigenvalue weighted by Crippen LogP contribution is -2.28. The summed E-state index contributed by atoms with van der Waals surface area (Å²) in [6.45, 7) is 2.24. The second-order valence-electron chi connectivity index (χ2n) is 6.61. The Labute approximate surface area is 158 Å². The summed E-state index contributed by atoms with van der Waals surface area (Å²) in [6, 6.07) is 14.3. The van der Waals surface area contributed by atoms with E-state index in [1.54, 1.807) is 36.3 Å². The summed E-state index contributed by atoms with van der Waals surface area (Å²) in [7, 11) is 1.59. The number of anilines is 1. The minimum absolute atomic E-state index is 0.0569. The van der Waals surface area contributed by atoms with E-state index in [-0.39, 0.29) is 24.0 Å². The van der Waals surface area contributed by atoms with Gasteiger partial charge in [-0.3, -0.25) is 14.4 Å². The van der Waals surface area contributed by atoms with E-state index < -0.39 is 5.92 Å². The molecule has 1 aliphatic heterocycles. The molecule has 0 aromatic heterocycles. The zero-order valence-electron chi connectivity index (χ0n) is 15.4. The first-order chi connectivity index (χ1) is 13.0. The average Bonchev–Trinajstić information content (AvgIpc) is 3.03. The third-order valence-electron chi connectivity index (χ3n) is 4.68. The molecule has 0 aliphatic carbocycles. The molecule has 6 nitrogen and oxygen atoms in total. The van der Waals surface area contributed by atoms with E-state index in [0.717, 1.165) is 11.3 Å². The summed E-state index contributed by atoms with van der Waals surface area (Å²) in [4.78, 5) is 38.1. The number of rotatable bonds is 6. The van der Waals surface area contributed by atoms with Gasteiger partial charge in [0.2, 0.25) is 11.8 Å². The Morgan fingerprint density at radius 3 is 2.70 bits per heavy atom. The number of hydrogen-bond donors (Lipinski definition) is 1. The summed E-state index contributed by atoms with van der Waals surface area (Å²) in [5, 5.41) is 2.81. The van der Waals surface area contributed by atoms with Crippen LogP contribution in [0, 0.1) is 5.92 Å². The Bertz CT molecular complexity index is 878. The topological polar surface area (TPSA) is 75.7 Å². The number of para-hydroxylation sites is 1. The monoisotopic (exact) mass is 366 g/mol. The first-order valence-electron chi connectivity index (χ1n) is 8.79. The Morgan fingerprint density at radius 2 is 1.96 bits per heavy atom. The van der Waals surface area contributed by atoms with Crippen molar-refractivity contribution in [3.8, 4) is 5.75 Å². The van der Waals surface area contributed by atoms with Crippen molar-refractivity contribution in [2.45, 2.75) is 19.9 Å². The zero-order valence-corrected chi connectivity index (χ0v) is 15.4. The second kappa shape index (κ2) is 8.03. The highest BCUT2D eigenvalue weighted by Crippen LogP contribution is 2.25. The molecule has 2 aromatic rings. The zero-order chi connectivity index (χ0) is 19.4. The SMILES string of the molecule is COc1ccccc1CN1CC(C(=O)Nc2cccc(C(C)=O)c2)CC1=O. The van der Waals surface area contributed by atoms with Gasteiger partial charge in [0.15, 0.2) is 5.78 Å². The van der Waals surface area contributed by atoms with Gasteiger partial charge < -0.3 is 15.0 Å². The number of Topliss-reactive ketones (excluding diaryl/α,β-unsaturated/α-hetero) is 1. The molecule has 1 fully saturated rings. The highest BCUT2D eigenvalue weighted by molar-refractivity contribution is 5.99. The van der Waals surface area contributed by atoms with E-state index in [9.17, 15) is 14.4 Å². The lowest BCUT2D eigenvalue weighted by molar-refractivity contribution is -0.128. The van der Waals surface area contributed by atoms with E-state index >= 15 is 0 Å². The van der Waals surface area contributed by atoms with Crippen molar-refractivity contribution in [1.82, 2.24) is 4.90 Å². The van der Waals surface area contributed by atoms with Crippen LogP contribution in [-0.4, -0.2) is 36.2 Å². The number of ketones is 1. The molecule has 140 valence electrons. The maximum Gasteiger partial charge on any atom is 0.229 e. The minimum Gasteiger partial charge on any atom is -0.496 e. The number of benzene rings is 2. The van der Waals surface area contributed by atoms with Crippen LogP contribution in [0.4, 0.5) is 5.69 Å². The van der Waals surface area contributed by atoms with Crippen LogP contribution in [0.1, 0.15) is 29.3 Å². The van der Waals surface area contributed by atoms with E-state index in [4.69, 9.17) is 4.74 Å². The molecular formula is C21H22N2O4. The molecule has 1 aliphatic rings. The van der Waals surface area contributed by atoms with E-state index in [0.29, 0.717) is 24.3 Å². The molecule has 2 amide bonds. The lowest BCUT2D eigenvalue weighted by Gasteiger charge is -2.18. The van der Waals surface area contributed by atoms with Crippen LogP contribution < -0.4 is 10.1 Å². The Balaban J connectivity index is 1.65. The summed E-state index contributed by atoms with van der Waals surface area (Å²) >= 11 is 0. The highest BCUT2D eigenvalue weighted by Gasteiger charge is 2.34. The van der Waals surface area contributed by atoms with Crippen molar-refractivity contribution in [2.75, 3.05) is 19.0 Å². The standard InChI is InChI=1S/C21H22N2O4/c1-14(24)15-7-5-8-18(10-15)22-21(26)17-11-20(25)23(13-17)12-16-6-3-4-9-19(16)27-2/h3-10,17H,11-13H2,1-2H3,(H,22,26). The van der Waals surface area contributed by atoms with Crippen molar-refractivity contribution in [1.29, 1.82) is 0 Å². The van der Waals surface area contributed by atoms with Gasteiger partial charge in [-0.25, -0.2) is 0 Å². The molecule has 1 N–H and O–H groups in total. The predicted molar refractivity (Wildman–Crippen MR) is 102 cm³/mol. The number of hydrogen-bond acceptors (Lipinski definition) is 4. The summed E-state index contributed by atoms with van der Waals surface area (Å²) < 4.78 is 5.33. The molecule has 1 unspecified atom stereocenters. The molecule has 1 heterocycles. The van der Waals surface area contributed by atoms with Gasteiger partial charge in [-0.2, -0.15) is 0 Å². The maximum atomic E-state index is 12.6. The third-order valence-corrected chi connectivity index (χ3v) is 4.68. The highest BCUT2D eigenvalue weighted by atomic mass is 16.5. The van der Waals surface area contributed by atoms with Gasteiger partial charge in [0.25, 0.3) is 0 Å². The summed E-state index contributed by atoms with van der Waals surface area (Å²) in [5.74, 6) is -0.0392. The Morgan fingerprint density at radius 1 is 1.19 bits per heavy atom. The van der Waals surface area contributed by atoms with Crippen molar-refractivity contribution < 1.29 is 19.1 Å². The number of nitrogens with one attached hydrogen (secondary N) is 1. The quantitative estimate of drug-likeness (QED) is 0.798. The van der Waals surface area contributed by atoms with Crippen LogP contribution in [0.25, 0.3) is 0 Å². The van der Waals surface area contributed by atoms with Crippen LogP contribution in [0.15, 0.2) is 48.5 Å². The summed E-state index contributed by atoms with van der Waals surface area (Å²) in [6.07, 6.45) is 0.174. The van der Waals surface area contributed by atoms with Gasteiger partial charge >= 0.3 is 0 Å². The Kier molecular flexibility index (Phi) is 5.54. The molecule has 0 spiro atoms. The van der Waals surface area contributed by atoms with Crippen LogP contribution in [0.2, 0.25) is 0 Å². The van der Waals surface area contributed by atoms with Crippen molar-refractivity contribution in [3.63, 3.8) is 0 Å². The smallest absolute Gasteiger partial charge is 0.229 e. The maximum absolute atomic E-state index is 12.6. The molecule has 0 saturated carbocycles. The van der Waals surface area contributed by atoms with Gasteiger partial charge in [-0.15, -0.1) is 0 Å². The van der Waals surface area contributed by atoms with Crippen LogP contribution in [0.3, 0.4) is 0 Å². The number of nitrogens with zero attached hydrogens (tertiary/aromatic N) is 1. The number of carbonyl (C=O) groups is 3. The molecule has 0 radical (unpaired) electrons. The number of ether oxygens (including phenoxy) is 1. The van der Waals surface area contributed by atoms with E-state index in [2.05, 4.69) is 5.32 Å². The molecule has 2 aromatic carbocycles. The number of carbonyl (C=O) groups excluding carboxylic acids is 3. The first-order valence-corrected chi connectivity index (χ1v) is 8.79. The number of likely N-dealkylation sites (tertiary alicyclic amines) is 1.